The number of para-hydroxylation sites is 1. The van der Waals surface area contributed by atoms with Gasteiger partial charge in [0.05, 0.1) is 5.69 Å². The molecule has 158 valence electrons. The Balaban J connectivity index is 1.52. The highest BCUT2D eigenvalue weighted by atomic mass is 35.5. The van der Waals surface area contributed by atoms with Gasteiger partial charge < -0.3 is 4.84 Å². The van der Waals surface area contributed by atoms with Crippen LogP contribution < -0.4 is 5.43 Å². The second kappa shape index (κ2) is 8.86. The van der Waals surface area contributed by atoms with Crippen molar-refractivity contribution in [2.24, 2.45) is 5.16 Å². The number of rotatable bonds is 6. The molecule has 0 bridgehead atoms. The molecule has 1 aliphatic rings. The fourth-order valence-corrected chi connectivity index (χ4v) is 4.29. The predicted molar refractivity (Wildman–Crippen MR) is 125 cm³/mol. The third kappa shape index (κ3) is 4.10. The number of thioether (sulfide) groups is 1. The number of nitrogens with one attached hydrogen (secondary N) is 1. The van der Waals surface area contributed by atoms with Crippen molar-refractivity contribution >= 4 is 40.7 Å². The zero-order chi connectivity index (χ0) is 21.9. The molecule has 32 heavy (non-hydrogen) atoms. The molecule has 1 unspecified atom stereocenters. The Labute approximate surface area is 193 Å². The Morgan fingerprint density at radius 3 is 2.28 bits per heavy atom. The monoisotopic (exact) mass is 461 g/mol. The zero-order valence-corrected chi connectivity index (χ0v) is 18.1. The van der Waals surface area contributed by atoms with E-state index in [1.165, 1.54) is 11.8 Å². The summed E-state index contributed by atoms with van der Waals surface area (Å²) in [5, 5.41) is 13.2. The third-order valence-electron chi connectivity index (χ3n) is 4.74. The molecule has 1 atom stereocenters. The van der Waals surface area contributed by atoms with E-state index in [0.717, 1.165) is 16.8 Å². The summed E-state index contributed by atoms with van der Waals surface area (Å²) >= 11 is 7.27. The minimum Gasteiger partial charge on any atom is -0.316 e. The first-order valence-electron chi connectivity index (χ1n) is 9.73. The minimum atomic E-state index is -0.670. The lowest BCUT2D eigenvalue weighted by Crippen LogP contribution is -2.23. The normalized spacial score (nSPS) is 15.3. The Kier molecular flexibility index (Phi) is 5.62. The van der Waals surface area contributed by atoms with Crippen molar-refractivity contribution in [3.8, 4) is 11.4 Å². The molecular formula is C23H16ClN5O2S. The molecule has 0 amide bonds. The second-order valence-corrected chi connectivity index (χ2v) is 8.39. The molecule has 1 aliphatic heterocycles. The summed E-state index contributed by atoms with van der Waals surface area (Å²) in [6, 6.07) is 26.4. The molecule has 1 N–H and O–H groups in total. The number of halogens is 1. The molecule has 4 aromatic rings. The topological polar surface area (TPSA) is 81.4 Å². The van der Waals surface area contributed by atoms with Crippen LogP contribution in [-0.4, -0.2) is 31.8 Å². The van der Waals surface area contributed by atoms with Gasteiger partial charge in [0, 0.05) is 16.1 Å². The van der Waals surface area contributed by atoms with Gasteiger partial charge >= 0.3 is 5.97 Å². The number of aromatic nitrogens is 3. The highest BCUT2D eigenvalue weighted by Gasteiger charge is 2.36. The summed E-state index contributed by atoms with van der Waals surface area (Å²) in [6.45, 7) is 0. The van der Waals surface area contributed by atoms with Crippen LogP contribution in [0, 0.1) is 0 Å². The van der Waals surface area contributed by atoms with E-state index in [1.807, 2.05) is 72.8 Å². The SMILES string of the molecule is O=C1ON=C(c2ccccc2)C1Sc1nnc(-c2ccc(Cl)cc2)n1Nc1ccccc1. The summed E-state index contributed by atoms with van der Waals surface area (Å²) < 4.78 is 1.75. The fraction of sp³-hybridized carbons (Fsp3) is 0.0435. The zero-order valence-electron chi connectivity index (χ0n) is 16.6. The molecule has 3 aromatic carbocycles. The first kappa shape index (κ1) is 20.3. The predicted octanol–water partition coefficient (Wildman–Crippen LogP) is 4.90. The number of oxime groups is 1. The molecule has 7 nitrogen and oxygen atoms in total. The fourth-order valence-electron chi connectivity index (χ4n) is 3.20. The van der Waals surface area contributed by atoms with Gasteiger partial charge in [0.2, 0.25) is 5.16 Å². The number of nitrogens with zero attached hydrogens (tertiary/aromatic N) is 4. The summed E-state index contributed by atoms with van der Waals surface area (Å²) in [6.07, 6.45) is 0. The number of hydrogen-bond acceptors (Lipinski definition) is 7. The maximum absolute atomic E-state index is 12.5. The van der Waals surface area contributed by atoms with E-state index in [0.29, 0.717) is 21.7 Å². The van der Waals surface area contributed by atoms with Gasteiger partial charge in [-0.2, -0.15) is 0 Å². The lowest BCUT2D eigenvalue weighted by atomic mass is 10.1. The number of anilines is 1. The van der Waals surface area contributed by atoms with Gasteiger partial charge in [0.1, 0.15) is 5.71 Å². The van der Waals surface area contributed by atoms with Crippen LogP contribution in [-0.2, 0) is 9.63 Å². The van der Waals surface area contributed by atoms with Crippen LogP contribution in [0.15, 0.2) is 95.2 Å². The van der Waals surface area contributed by atoms with Crippen LogP contribution in [0.25, 0.3) is 11.4 Å². The van der Waals surface area contributed by atoms with E-state index in [9.17, 15) is 4.79 Å². The molecule has 9 heteroatoms. The molecule has 0 spiro atoms. The Morgan fingerprint density at radius 1 is 0.875 bits per heavy atom. The summed E-state index contributed by atoms with van der Waals surface area (Å²) in [5.41, 5.74) is 6.35. The maximum Gasteiger partial charge on any atom is 0.354 e. The molecule has 0 fully saturated rings. The van der Waals surface area contributed by atoms with E-state index in [2.05, 4.69) is 20.8 Å². The Morgan fingerprint density at radius 2 is 1.56 bits per heavy atom. The lowest BCUT2D eigenvalue weighted by molar-refractivity contribution is -0.139. The van der Waals surface area contributed by atoms with E-state index in [-0.39, 0.29) is 0 Å². The molecule has 2 heterocycles. The van der Waals surface area contributed by atoms with Gasteiger partial charge in [-0.1, -0.05) is 77.0 Å². The molecule has 0 aliphatic carbocycles. The Bertz CT molecular complexity index is 1280. The van der Waals surface area contributed by atoms with Crippen molar-refractivity contribution in [1.29, 1.82) is 0 Å². The first-order chi connectivity index (χ1) is 15.7. The van der Waals surface area contributed by atoms with E-state index < -0.39 is 11.2 Å². The van der Waals surface area contributed by atoms with E-state index >= 15 is 0 Å². The molecule has 0 radical (unpaired) electrons. The number of benzene rings is 3. The second-order valence-electron chi connectivity index (χ2n) is 6.88. The van der Waals surface area contributed by atoms with Crippen molar-refractivity contribution in [2.45, 2.75) is 10.4 Å². The number of hydrogen-bond donors (Lipinski definition) is 1. The smallest absolute Gasteiger partial charge is 0.316 e. The van der Waals surface area contributed by atoms with Crippen LogP contribution in [0.1, 0.15) is 5.56 Å². The van der Waals surface area contributed by atoms with Gasteiger partial charge in [-0.05, 0) is 36.4 Å². The van der Waals surface area contributed by atoms with Crippen LogP contribution in [0.5, 0.6) is 0 Å². The van der Waals surface area contributed by atoms with Gasteiger partial charge in [0.15, 0.2) is 11.1 Å². The van der Waals surface area contributed by atoms with E-state index in [1.54, 1.807) is 16.8 Å². The average molecular weight is 462 g/mol. The number of carbonyl (C=O) groups excluding carboxylic acids is 1. The van der Waals surface area contributed by atoms with Gasteiger partial charge in [0.25, 0.3) is 0 Å². The first-order valence-corrected chi connectivity index (χ1v) is 11.0. The van der Waals surface area contributed by atoms with Crippen LogP contribution in [0.3, 0.4) is 0 Å². The molecule has 1 aromatic heterocycles. The summed E-state index contributed by atoms with van der Waals surface area (Å²) in [5.74, 6) is 0.133. The Hall–Kier alpha value is -3.62. The standard InChI is InChI=1S/C23H16ClN5O2S/c24-17-13-11-16(12-14-17)21-25-26-23(29(21)27-18-9-5-2-6-10-18)32-20-19(28-31-22(20)30)15-7-3-1-4-8-15/h1-14,20,27H. The molecule has 5 rings (SSSR count). The number of carbonyl (C=O) groups is 1. The molecule has 0 saturated carbocycles. The molecule has 0 saturated heterocycles. The van der Waals surface area contributed by atoms with Gasteiger partial charge in [-0.15, -0.1) is 10.2 Å². The van der Waals surface area contributed by atoms with Crippen molar-refractivity contribution < 1.29 is 9.63 Å². The highest BCUT2D eigenvalue weighted by Crippen LogP contribution is 2.32. The minimum absolute atomic E-state index is 0.448. The lowest BCUT2D eigenvalue weighted by Gasteiger charge is -2.14. The van der Waals surface area contributed by atoms with Gasteiger partial charge in [-0.3, -0.25) is 5.43 Å². The third-order valence-corrected chi connectivity index (χ3v) is 6.12. The average Bonchev–Trinajstić information content (AvgIpc) is 3.39. The summed E-state index contributed by atoms with van der Waals surface area (Å²) in [4.78, 5) is 17.5. The van der Waals surface area contributed by atoms with Crippen LogP contribution >= 0.6 is 23.4 Å². The highest BCUT2D eigenvalue weighted by molar-refractivity contribution is 8.01. The van der Waals surface area contributed by atoms with Crippen molar-refractivity contribution in [3.05, 3.63) is 95.5 Å². The quantitative estimate of drug-likeness (QED) is 0.411. The van der Waals surface area contributed by atoms with Crippen molar-refractivity contribution in [1.82, 2.24) is 14.9 Å². The van der Waals surface area contributed by atoms with Crippen molar-refractivity contribution in [2.75, 3.05) is 5.43 Å². The van der Waals surface area contributed by atoms with Crippen LogP contribution in [0.2, 0.25) is 5.02 Å². The van der Waals surface area contributed by atoms with Crippen LogP contribution in [0.4, 0.5) is 5.69 Å². The van der Waals surface area contributed by atoms with E-state index in [4.69, 9.17) is 16.4 Å². The maximum atomic E-state index is 12.5. The van der Waals surface area contributed by atoms with Gasteiger partial charge in [-0.25, -0.2) is 9.47 Å². The van der Waals surface area contributed by atoms with Crippen molar-refractivity contribution in [3.63, 3.8) is 0 Å². The molecular weight excluding hydrogens is 446 g/mol. The summed E-state index contributed by atoms with van der Waals surface area (Å²) in [7, 11) is 0. The largest absolute Gasteiger partial charge is 0.354 e.